The van der Waals surface area contributed by atoms with Crippen LogP contribution in [0.25, 0.3) is 0 Å². The monoisotopic (exact) mass is 310 g/mol. The van der Waals surface area contributed by atoms with Crippen molar-refractivity contribution in [2.75, 3.05) is 5.32 Å². The van der Waals surface area contributed by atoms with Gasteiger partial charge in [-0.25, -0.2) is 4.98 Å². The van der Waals surface area contributed by atoms with Gasteiger partial charge in [0, 0.05) is 43.5 Å². The summed E-state index contributed by atoms with van der Waals surface area (Å²) in [5.74, 6) is 0.479. The van der Waals surface area contributed by atoms with Crippen LogP contribution in [0.4, 0.5) is 5.69 Å². The van der Waals surface area contributed by atoms with Crippen molar-refractivity contribution in [1.82, 2.24) is 14.9 Å². The zero-order valence-electron chi connectivity index (χ0n) is 12.7. The number of anilines is 1. The summed E-state index contributed by atoms with van der Waals surface area (Å²) in [5, 5.41) is 5.94. The van der Waals surface area contributed by atoms with Gasteiger partial charge in [-0.1, -0.05) is 18.2 Å². The van der Waals surface area contributed by atoms with Crippen LogP contribution in [0, 0.1) is 0 Å². The zero-order chi connectivity index (χ0) is 15.8. The first kappa shape index (κ1) is 14.0. The largest absolute Gasteiger partial charge is 0.351 e. The van der Waals surface area contributed by atoms with E-state index in [1.807, 2.05) is 30.5 Å². The fraction of sp³-hybridized carbons (Fsp3) is 0.353. The molecule has 6 nitrogen and oxygen atoms in total. The van der Waals surface area contributed by atoms with Crippen molar-refractivity contribution in [2.24, 2.45) is 0 Å². The van der Waals surface area contributed by atoms with E-state index in [0.29, 0.717) is 0 Å². The van der Waals surface area contributed by atoms with E-state index in [1.54, 1.807) is 6.20 Å². The van der Waals surface area contributed by atoms with Gasteiger partial charge in [-0.3, -0.25) is 9.59 Å². The van der Waals surface area contributed by atoms with Crippen LogP contribution in [0.15, 0.2) is 36.7 Å². The van der Waals surface area contributed by atoms with E-state index in [2.05, 4.69) is 20.2 Å². The van der Waals surface area contributed by atoms with E-state index in [1.165, 1.54) is 0 Å². The van der Waals surface area contributed by atoms with E-state index in [9.17, 15) is 9.59 Å². The lowest BCUT2D eigenvalue weighted by Gasteiger charge is -2.29. The number of hydrogen-bond acceptors (Lipinski definition) is 3. The van der Waals surface area contributed by atoms with Crippen molar-refractivity contribution in [3.8, 4) is 0 Å². The number of amides is 2. The highest BCUT2D eigenvalue weighted by molar-refractivity contribution is 6.01. The van der Waals surface area contributed by atoms with Gasteiger partial charge in [0.25, 0.3) is 0 Å². The smallest absolute Gasteiger partial charge is 0.228 e. The van der Waals surface area contributed by atoms with Crippen LogP contribution in [0.1, 0.15) is 30.1 Å². The third-order valence-corrected chi connectivity index (χ3v) is 4.60. The molecule has 6 heteroatoms. The van der Waals surface area contributed by atoms with Crippen LogP contribution in [0.2, 0.25) is 0 Å². The molecule has 1 aromatic heterocycles. The number of aryl methyl sites for hydroxylation is 1. The molecule has 4 rings (SSSR count). The molecule has 23 heavy (non-hydrogen) atoms. The van der Waals surface area contributed by atoms with E-state index in [4.69, 9.17) is 0 Å². The second-order valence-electron chi connectivity index (χ2n) is 6.13. The second-order valence-corrected chi connectivity index (χ2v) is 6.13. The molecular formula is C17H18N4O2. The number of benzene rings is 1. The molecule has 118 valence electrons. The van der Waals surface area contributed by atoms with Crippen molar-refractivity contribution in [3.63, 3.8) is 0 Å². The summed E-state index contributed by atoms with van der Waals surface area (Å²) in [6.07, 6.45) is 5.67. The molecular weight excluding hydrogens is 292 g/mol. The molecule has 0 spiro atoms. The highest BCUT2D eigenvalue weighted by atomic mass is 16.2. The Hall–Kier alpha value is -2.63. The van der Waals surface area contributed by atoms with Gasteiger partial charge >= 0.3 is 0 Å². The van der Waals surface area contributed by atoms with Crippen LogP contribution >= 0.6 is 0 Å². The van der Waals surface area contributed by atoms with Gasteiger partial charge in [-0.05, 0) is 18.1 Å². The molecule has 2 atom stereocenters. The fourth-order valence-electron chi connectivity index (χ4n) is 3.43. The van der Waals surface area contributed by atoms with Gasteiger partial charge < -0.3 is 15.2 Å². The first-order chi connectivity index (χ1) is 11.2. The van der Waals surface area contributed by atoms with Crippen molar-refractivity contribution < 1.29 is 9.59 Å². The number of rotatable bonds is 2. The Morgan fingerprint density at radius 3 is 3.13 bits per heavy atom. The van der Waals surface area contributed by atoms with Crippen molar-refractivity contribution in [1.29, 1.82) is 0 Å². The van der Waals surface area contributed by atoms with Crippen LogP contribution in [0.5, 0.6) is 0 Å². The van der Waals surface area contributed by atoms with Gasteiger partial charge in [0.05, 0.1) is 5.92 Å². The average molecular weight is 310 g/mol. The molecule has 0 saturated carbocycles. The highest BCUT2D eigenvalue weighted by Crippen LogP contribution is 2.32. The minimum Gasteiger partial charge on any atom is -0.351 e. The molecule has 0 unspecified atom stereocenters. The summed E-state index contributed by atoms with van der Waals surface area (Å²) in [4.78, 5) is 28.9. The zero-order valence-corrected chi connectivity index (χ0v) is 12.7. The predicted molar refractivity (Wildman–Crippen MR) is 84.9 cm³/mol. The molecule has 1 aromatic carbocycles. The normalized spacial score (nSPS) is 22.7. The molecule has 0 fully saturated rings. The predicted octanol–water partition coefficient (Wildman–Crippen LogP) is 1.44. The Morgan fingerprint density at radius 1 is 1.35 bits per heavy atom. The number of para-hydroxylation sites is 1. The summed E-state index contributed by atoms with van der Waals surface area (Å²) in [7, 11) is 0. The first-order valence-electron chi connectivity index (χ1n) is 7.90. The number of hydrogen-bond donors (Lipinski definition) is 2. The Balaban J connectivity index is 1.51. The van der Waals surface area contributed by atoms with Gasteiger partial charge in [-0.2, -0.15) is 0 Å². The summed E-state index contributed by atoms with van der Waals surface area (Å²) >= 11 is 0. The van der Waals surface area contributed by atoms with Crippen molar-refractivity contribution in [2.45, 2.75) is 37.8 Å². The van der Waals surface area contributed by atoms with Crippen LogP contribution < -0.4 is 10.6 Å². The maximum absolute atomic E-state index is 12.7. The number of carbonyl (C=O) groups is 2. The highest BCUT2D eigenvalue weighted by Gasteiger charge is 2.32. The molecule has 0 bridgehead atoms. The molecule has 3 heterocycles. The third-order valence-electron chi connectivity index (χ3n) is 4.60. The minimum atomic E-state index is -0.413. The molecule has 0 saturated heterocycles. The molecule has 0 radical (unpaired) electrons. The van der Waals surface area contributed by atoms with E-state index in [0.717, 1.165) is 36.5 Å². The fourth-order valence-corrected chi connectivity index (χ4v) is 3.43. The summed E-state index contributed by atoms with van der Waals surface area (Å²) < 4.78 is 2.08. The summed E-state index contributed by atoms with van der Waals surface area (Å²) in [5.41, 5.74) is 1.63. The lowest BCUT2D eigenvalue weighted by molar-refractivity contribution is -0.127. The van der Waals surface area contributed by atoms with Gasteiger partial charge in [-0.15, -0.1) is 0 Å². The van der Waals surface area contributed by atoms with Crippen LogP contribution in [0.3, 0.4) is 0 Å². The van der Waals surface area contributed by atoms with E-state index >= 15 is 0 Å². The maximum atomic E-state index is 12.7. The quantitative estimate of drug-likeness (QED) is 0.881. The van der Waals surface area contributed by atoms with Crippen LogP contribution in [-0.2, 0) is 22.6 Å². The molecule has 2 aliphatic heterocycles. The Kier molecular flexibility index (Phi) is 3.37. The Bertz CT molecular complexity index is 767. The number of imidazole rings is 1. The van der Waals surface area contributed by atoms with Crippen LogP contribution in [-0.4, -0.2) is 27.4 Å². The van der Waals surface area contributed by atoms with Gasteiger partial charge in [0.2, 0.25) is 11.8 Å². The minimum absolute atomic E-state index is 0.0686. The SMILES string of the molecule is O=C1C[C@@H](C(=O)N[C@H]2CCc3nccn3C2)c2ccccc2N1. The van der Waals surface area contributed by atoms with E-state index in [-0.39, 0.29) is 24.3 Å². The Morgan fingerprint density at radius 2 is 2.22 bits per heavy atom. The molecule has 2 N–H and O–H groups in total. The number of carbonyl (C=O) groups excluding carboxylic acids is 2. The topological polar surface area (TPSA) is 76.0 Å². The van der Waals surface area contributed by atoms with Crippen molar-refractivity contribution in [3.05, 3.63) is 48.0 Å². The number of nitrogens with one attached hydrogen (secondary N) is 2. The number of nitrogens with zero attached hydrogens (tertiary/aromatic N) is 2. The molecule has 2 amide bonds. The molecule has 2 aromatic rings. The lowest BCUT2D eigenvalue weighted by Crippen LogP contribution is -2.44. The summed E-state index contributed by atoms with van der Waals surface area (Å²) in [6, 6.07) is 7.59. The first-order valence-corrected chi connectivity index (χ1v) is 7.90. The Labute approximate surface area is 133 Å². The molecule has 2 aliphatic rings. The lowest BCUT2D eigenvalue weighted by atomic mass is 9.89. The van der Waals surface area contributed by atoms with Gasteiger partial charge in [0.1, 0.15) is 5.82 Å². The average Bonchev–Trinajstić information content (AvgIpc) is 3.01. The van der Waals surface area contributed by atoms with Gasteiger partial charge in [0.15, 0.2) is 0 Å². The summed E-state index contributed by atoms with van der Waals surface area (Å²) in [6.45, 7) is 0.738. The molecule has 0 aliphatic carbocycles. The standard InChI is InChI=1S/C17H18N4O2/c22-16-9-13(12-3-1-2-4-14(12)20-16)17(23)19-11-5-6-15-18-7-8-21(15)10-11/h1-4,7-8,11,13H,5-6,9-10H2,(H,19,23)(H,20,22)/t11-,13+/m0/s1. The number of aromatic nitrogens is 2. The maximum Gasteiger partial charge on any atom is 0.228 e. The van der Waals surface area contributed by atoms with Crippen molar-refractivity contribution >= 4 is 17.5 Å². The van der Waals surface area contributed by atoms with E-state index < -0.39 is 5.92 Å². The third kappa shape index (κ3) is 2.60. The second kappa shape index (κ2) is 5.53. The number of fused-ring (bicyclic) bond motifs is 2.